The number of nitrogens with zero attached hydrogens (tertiary/aromatic N) is 2. The van der Waals surface area contributed by atoms with Crippen LogP contribution in [0, 0.1) is 0 Å². The van der Waals surface area contributed by atoms with Crippen molar-refractivity contribution in [3.63, 3.8) is 0 Å². The Labute approximate surface area is 71.7 Å². The molecule has 0 aromatic carbocycles. The lowest BCUT2D eigenvalue weighted by molar-refractivity contribution is 0.713. The van der Waals surface area contributed by atoms with Gasteiger partial charge >= 0.3 is 0 Å². The van der Waals surface area contributed by atoms with E-state index in [0.717, 1.165) is 11.5 Å². The summed E-state index contributed by atoms with van der Waals surface area (Å²) in [4.78, 5) is 0. The highest BCUT2D eigenvalue weighted by atomic mass is 15.3. The third-order valence-corrected chi connectivity index (χ3v) is 2.12. The number of aryl methyl sites for hydroxylation is 1. The summed E-state index contributed by atoms with van der Waals surface area (Å²) in [6.07, 6.45) is 2.54. The molecule has 3 N–H and O–H groups in total. The van der Waals surface area contributed by atoms with Gasteiger partial charge in [0.05, 0.1) is 5.69 Å². The normalized spacial score (nSPS) is 16.5. The number of nitrogens with one attached hydrogen (secondary N) is 1. The molecule has 0 saturated heterocycles. The standard InChI is InChI=1S/C8H14N4/c1-12-7(5-9)4-8(11-12)10-6-2-3-6/h4,6H,2-3,5,9H2,1H3,(H,10,11). The van der Waals surface area contributed by atoms with Gasteiger partial charge in [0.1, 0.15) is 5.82 Å². The molecular formula is C8H14N4. The van der Waals surface area contributed by atoms with Crippen molar-refractivity contribution in [3.8, 4) is 0 Å². The Kier molecular flexibility index (Phi) is 1.77. The summed E-state index contributed by atoms with van der Waals surface area (Å²) in [5.41, 5.74) is 6.59. The van der Waals surface area contributed by atoms with Crippen molar-refractivity contribution in [1.82, 2.24) is 9.78 Å². The quantitative estimate of drug-likeness (QED) is 0.685. The largest absolute Gasteiger partial charge is 0.366 e. The molecule has 4 nitrogen and oxygen atoms in total. The van der Waals surface area contributed by atoms with Crippen LogP contribution in [-0.4, -0.2) is 15.8 Å². The summed E-state index contributed by atoms with van der Waals surface area (Å²) >= 11 is 0. The highest BCUT2D eigenvalue weighted by Crippen LogP contribution is 2.23. The van der Waals surface area contributed by atoms with Crippen LogP contribution in [0.15, 0.2) is 6.07 Å². The van der Waals surface area contributed by atoms with Crippen LogP contribution < -0.4 is 11.1 Å². The zero-order valence-electron chi connectivity index (χ0n) is 7.25. The minimum Gasteiger partial charge on any atom is -0.366 e. The minimum atomic E-state index is 0.551. The molecule has 0 radical (unpaired) electrons. The molecule has 1 fully saturated rings. The summed E-state index contributed by atoms with van der Waals surface area (Å²) in [6.45, 7) is 0.551. The first-order chi connectivity index (χ1) is 5.79. The third kappa shape index (κ3) is 1.43. The van der Waals surface area contributed by atoms with Crippen molar-refractivity contribution in [3.05, 3.63) is 11.8 Å². The maximum atomic E-state index is 5.52. The zero-order chi connectivity index (χ0) is 8.55. The average Bonchev–Trinajstić information content (AvgIpc) is 2.76. The highest BCUT2D eigenvalue weighted by molar-refractivity contribution is 5.38. The van der Waals surface area contributed by atoms with Gasteiger partial charge in [-0.25, -0.2) is 0 Å². The molecule has 0 atom stereocenters. The second kappa shape index (κ2) is 2.79. The van der Waals surface area contributed by atoms with E-state index < -0.39 is 0 Å². The van der Waals surface area contributed by atoms with Crippen molar-refractivity contribution >= 4 is 5.82 Å². The fourth-order valence-corrected chi connectivity index (χ4v) is 1.20. The fourth-order valence-electron chi connectivity index (χ4n) is 1.20. The highest BCUT2D eigenvalue weighted by Gasteiger charge is 2.21. The van der Waals surface area contributed by atoms with Crippen LogP contribution in [0.25, 0.3) is 0 Å². The van der Waals surface area contributed by atoms with Gasteiger partial charge in [-0.2, -0.15) is 5.10 Å². The monoisotopic (exact) mass is 166 g/mol. The second-order valence-electron chi connectivity index (χ2n) is 3.27. The van der Waals surface area contributed by atoms with E-state index in [0.29, 0.717) is 12.6 Å². The lowest BCUT2D eigenvalue weighted by Gasteiger charge is -1.96. The van der Waals surface area contributed by atoms with E-state index in [9.17, 15) is 0 Å². The molecule has 12 heavy (non-hydrogen) atoms. The molecule has 0 aliphatic heterocycles. The molecule has 2 rings (SSSR count). The van der Waals surface area contributed by atoms with Crippen LogP contribution in [0.5, 0.6) is 0 Å². The molecule has 1 aromatic rings. The Morgan fingerprint density at radius 1 is 1.75 bits per heavy atom. The lowest BCUT2D eigenvalue weighted by atomic mass is 10.4. The predicted molar refractivity (Wildman–Crippen MR) is 47.7 cm³/mol. The van der Waals surface area contributed by atoms with Crippen molar-refractivity contribution in [2.24, 2.45) is 12.8 Å². The first-order valence-corrected chi connectivity index (χ1v) is 4.29. The van der Waals surface area contributed by atoms with E-state index in [1.54, 1.807) is 0 Å². The lowest BCUT2D eigenvalue weighted by Crippen LogP contribution is -2.04. The number of aromatic nitrogens is 2. The van der Waals surface area contributed by atoms with Gasteiger partial charge in [0.25, 0.3) is 0 Å². The Balaban J connectivity index is 2.10. The molecule has 1 aliphatic carbocycles. The Hall–Kier alpha value is -1.03. The van der Waals surface area contributed by atoms with E-state index in [1.807, 2.05) is 17.8 Å². The van der Waals surface area contributed by atoms with Crippen LogP contribution in [-0.2, 0) is 13.6 Å². The third-order valence-electron chi connectivity index (χ3n) is 2.12. The van der Waals surface area contributed by atoms with Crippen molar-refractivity contribution in [2.75, 3.05) is 5.32 Å². The van der Waals surface area contributed by atoms with Crippen molar-refractivity contribution in [1.29, 1.82) is 0 Å². The Morgan fingerprint density at radius 2 is 2.50 bits per heavy atom. The number of anilines is 1. The summed E-state index contributed by atoms with van der Waals surface area (Å²) in [5.74, 6) is 0.959. The van der Waals surface area contributed by atoms with Gasteiger partial charge in [0, 0.05) is 25.7 Å². The molecule has 1 saturated carbocycles. The summed E-state index contributed by atoms with van der Waals surface area (Å²) in [6, 6.07) is 2.67. The maximum absolute atomic E-state index is 5.52. The molecule has 0 spiro atoms. The summed E-state index contributed by atoms with van der Waals surface area (Å²) in [5, 5.41) is 7.61. The van der Waals surface area contributed by atoms with Crippen LogP contribution in [0.2, 0.25) is 0 Å². The number of rotatable bonds is 3. The number of hydrogen-bond acceptors (Lipinski definition) is 3. The molecule has 1 heterocycles. The maximum Gasteiger partial charge on any atom is 0.148 e. The van der Waals surface area contributed by atoms with Crippen LogP contribution in [0.4, 0.5) is 5.82 Å². The van der Waals surface area contributed by atoms with Gasteiger partial charge in [-0.3, -0.25) is 4.68 Å². The van der Waals surface area contributed by atoms with E-state index in [-0.39, 0.29) is 0 Å². The summed E-state index contributed by atoms with van der Waals surface area (Å²) < 4.78 is 1.82. The van der Waals surface area contributed by atoms with Crippen molar-refractivity contribution < 1.29 is 0 Å². The Morgan fingerprint density at radius 3 is 3.00 bits per heavy atom. The smallest absolute Gasteiger partial charge is 0.148 e. The molecule has 0 bridgehead atoms. The van der Waals surface area contributed by atoms with Gasteiger partial charge < -0.3 is 11.1 Å². The average molecular weight is 166 g/mol. The SMILES string of the molecule is Cn1nc(NC2CC2)cc1CN. The fraction of sp³-hybridized carbons (Fsp3) is 0.625. The van der Waals surface area contributed by atoms with E-state index in [1.165, 1.54) is 12.8 Å². The zero-order valence-corrected chi connectivity index (χ0v) is 7.25. The topological polar surface area (TPSA) is 55.9 Å². The molecule has 0 amide bonds. The molecule has 1 aromatic heterocycles. The molecule has 1 aliphatic rings. The van der Waals surface area contributed by atoms with Gasteiger partial charge in [0.15, 0.2) is 0 Å². The number of hydrogen-bond donors (Lipinski definition) is 2. The van der Waals surface area contributed by atoms with Gasteiger partial charge in [-0.15, -0.1) is 0 Å². The second-order valence-corrected chi connectivity index (χ2v) is 3.27. The van der Waals surface area contributed by atoms with E-state index >= 15 is 0 Å². The van der Waals surface area contributed by atoms with Crippen molar-refractivity contribution in [2.45, 2.75) is 25.4 Å². The van der Waals surface area contributed by atoms with Crippen LogP contribution in [0.3, 0.4) is 0 Å². The molecule has 0 unspecified atom stereocenters. The predicted octanol–water partition coefficient (Wildman–Crippen LogP) is 0.453. The minimum absolute atomic E-state index is 0.551. The van der Waals surface area contributed by atoms with E-state index in [4.69, 9.17) is 5.73 Å². The molecule has 4 heteroatoms. The number of nitrogens with two attached hydrogens (primary N) is 1. The summed E-state index contributed by atoms with van der Waals surface area (Å²) in [7, 11) is 1.92. The van der Waals surface area contributed by atoms with E-state index in [2.05, 4.69) is 10.4 Å². The van der Waals surface area contributed by atoms with Gasteiger partial charge in [-0.1, -0.05) is 0 Å². The Bertz CT molecular complexity index is 275. The molecule has 66 valence electrons. The molecular weight excluding hydrogens is 152 g/mol. The van der Waals surface area contributed by atoms with Gasteiger partial charge in [-0.05, 0) is 12.8 Å². The first-order valence-electron chi connectivity index (χ1n) is 4.29. The van der Waals surface area contributed by atoms with Crippen LogP contribution >= 0.6 is 0 Å². The van der Waals surface area contributed by atoms with Crippen LogP contribution in [0.1, 0.15) is 18.5 Å². The first kappa shape index (κ1) is 7.61. The van der Waals surface area contributed by atoms with Gasteiger partial charge in [0.2, 0.25) is 0 Å².